The first-order chi connectivity index (χ1) is 7.36. The van der Waals surface area contributed by atoms with Crippen molar-refractivity contribution in [1.82, 2.24) is 10.3 Å². The summed E-state index contributed by atoms with van der Waals surface area (Å²) in [5, 5.41) is 11.9. The number of hydrogen-bond donors (Lipinski definition) is 1. The number of rotatable bonds is 4. The molecule has 0 aromatic carbocycles. The van der Waals surface area contributed by atoms with Crippen molar-refractivity contribution in [1.29, 1.82) is 5.26 Å². The van der Waals surface area contributed by atoms with Gasteiger partial charge in [-0.05, 0) is 24.6 Å². The summed E-state index contributed by atoms with van der Waals surface area (Å²) in [5.74, 6) is 5.82. The van der Waals surface area contributed by atoms with Crippen molar-refractivity contribution >= 4 is 0 Å². The standard InChI is InChI=1S/C12H13N3/c1-2-3-4-6-14-10-11-5-7-15-12(8-11)9-13/h5,7-8,14H,4,6,10H2,1H3. The minimum Gasteiger partial charge on any atom is -0.312 e. The van der Waals surface area contributed by atoms with Crippen LogP contribution in [-0.4, -0.2) is 11.5 Å². The molecule has 3 nitrogen and oxygen atoms in total. The second kappa shape index (κ2) is 6.59. The molecule has 0 amide bonds. The van der Waals surface area contributed by atoms with E-state index in [1.807, 2.05) is 19.1 Å². The van der Waals surface area contributed by atoms with Gasteiger partial charge in [-0.15, -0.1) is 11.8 Å². The number of nitrogens with one attached hydrogen (secondary N) is 1. The third-order valence-electron chi connectivity index (χ3n) is 1.87. The molecule has 0 radical (unpaired) electrons. The van der Waals surface area contributed by atoms with Gasteiger partial charge in [-0.2, -0.15) is 5.26 Å². The van der Waals surface area contributed by atoms with Crippen molar-refractivity contribution in [3.05, 3.63) is 29.6 Å². The predicted octanol–water partition coefficient (Wildman–Crippen LogP) is 1.46. The SMILES string of the molecule is CC#CCCNCc1ccnc(C#N)c1. The lowest BCUT2D eigenvalue weighted by Gasteiger charge is -2.02. The number of pyridine rings is 1. The summed E-state index contributed by atoms with van der Waals surface area (Å²) in [6.07, 6.45) is 2.51. The zero-order valence-corrected chi connectivity index (χ0v) is 8.75. The van der Waals surface area contributed by atoms with E-state index in [0.29, 0.717) is 5.69 Å². The van der Waals surface area contributed by atoms with E-state index >= 15 is 0 Å². The van der Waals surface area contributed by atoms with Gasteiger partial charge in [-0.25, -0.2) is 4.98 Å². The first kappa shape index (κ1) is 11.2. The minimum absolute atomic E-state index is 0.461. The third kappa shape index (κ3) is 4.26. The van der Waals surface area contributed by atoms with Crippen LogP contribution in [0.15, 0.2) is 18.3 Å². The van der Waals surface area contributed by atoms with Crippen LogP contribution < -0.4 is 5.32 Å². The lowest BCUT2D eigenvalue weighted by Crippen LogP contribution is -2.14. The van der Waals surface area contributed by atoms with Crippen LogP contribution >= 0.6 is 0 Å². The molecule has 3 heteroatoms. The van der Waals surface area contributed by atoms with Crippen LogP contribution in [0.4, 0.5) is 0 Å². The number of nitriles is 1. The lowest BCUT2D eigenvalue weighted by molar-refractivity contribution is 0.700. The second-order valence-corrected chi connectivity index (χ2v) is 3.01. The summed E-state index contributed by atoms with van der Waals surface area (Å²) < 4.78 is 0. The van der Waals surface area contributed by atoms with Crippen LogP contribution in [-0.2, 0) is 6.54 Å². The molecule has 0 fully saturated rings. The topological polar surface area (TPSA) is 48.7 Å². The largest absolute Gasteiger partial charge is 0.312 e. The van der Waals surface area contributed by atoms with Crippen LogP contribution in [0, 0.1) is 23.2 Å². The minimum atomic E-state index is 0.461. The second-order valence-electron chi connectivity index (χ2n) is 3.01. The number of hydrogen-bond acceptors (Lipinski definition) is 3. The monoisotopic (exact) mass is 199 g/mol. The van der Waals surface area contributed by atoms with Gasteiger partial charge in [0, 0.05) is 25.7 Å². The van der Waals surface area contributed by atoms with Crippen LogP contribution in [0.3, 0.4) is 0 Å². The molecule has 1 N–H and O–H groups in total. The van der Waals surface area contributed by atoms with Gasteiger partial charge in [0.05, 0.1) is 0 Å². The van der Waals surface area contributed by atoms with E-state index in [1.54, 1.807) is 12.3 Å². The first-order valence-electron chi connectivity index (χ1n) is 4.82. The Kier molecular flexibility index (Phi) is 4.94. The van der Waals surface area contributed by atoms with Gasteiger partial charge in [0.1, 0.15) is 11.8 Å². The summed E-state index contributed by atoms with van der Waals surface area (Å²) in [6.45, 7) is 3.45. The van der Waals surface area contributed by atoms with E-state index in [4.69, 9.17) is 5.26 Å². The fourth-order valence-electron chi connectivity index (χ4n) is 1.15. The summed E-state index contributed by atoms with van der Waals surface area (Å²) in [6, 6.07) is 5.71. The highest BCUT2D eigenvalue weighted by molar-refractivity contribution is 5.25. The Morgan fingerprint density at radius 2 is 2.40 bits per heavy atom. The fraction of sp³-hybridized carbons (Fsp3) is 0.333. The van der Waals surface area contributed by atoms with E-state index in [0.717, 1.165) is 25.1 Å². The lowest BCUT2D eigenvalue weighted by atomic mass is 10.2. The highest BCUT2D eigenvalue weighted by atomic mass is 14.8. The third-order valence-corrected chi connectivity index (χ3v) is 1.87. The fourth-order valence-corrected chi connectivity index (χ4v) is 1.15. The Balaban J connectivity index is 2.36. The van der Waals surface area contributed by atoms with Crippen LogP contribution in [0.2, 0.25) is 0 Å². The molecule has 0 saturated carbocycles. The van der Waals surface area contributed by atoms with Crippen LogP contribution in [0.25, 0.3) is 0 Å². The zero-order chi connectivity index (χ0) is 10.9. The Morgan fingerprint density at radius 1 is 1.53 bits per heavy atom. The van der Waals surface area contributed by atoms with Gasteiger partial charge in [0.2, 0.25) is 0 Å². The maximum absolute atomic E-state index is 8.65. The molecule has 15 heavy (non-hydrogen) atoms. The van der Waals surface area contributed by atoms with Gasteiger partial charge in [0.25, 0.3) is 0 Å². The quantitative estimate of drug-likeness (QED) is 0.590. The molecule has 0 aliphatic carbocycles. The average Bonchev–Trinajstić information content (AvgIpc) is 2.29. The summed E-state index contributed by atoms with van der Waals surface area (Å²) in [4.78, 5) is 3.90. The molecule has 0 spiro atoms. The van der Waals surface area contributed by atoms with Crippen molar-refractivity contribution in [2.75, 3.05) is 6.54 Å². The molecule has 0 aliphatic heterocycles. The molecule has 1 rings (SSSR count). The molecular formula is C12H13N3. The number of nitrogens with zero attached hydrogens (tertiary/aromatic N) is 2. The molecule has 1 aromatic rings. The predicted molar refractivity (Wildman–Crippen MR) is 58.7 cm³/mol. The van der Waals surface area contributed by atoms with Crippen molar-refractivity contribution in [3.8, 4) is 17.9 Å². The Bertz CT molecular complexity index is 407. The van der Waals surface area contributed by atoms with Gasteiger partial charge in [0.15, 0.2) is 0 Å². The van der Waals surface area contributed by atoms with E-state index < -0.39 is 0 Å². The van der Waals surface area contributed by atoms with Gasteiger partial charge < -0.3 is 5.32 Å². The highest BCUT2D eigenvalue weighted by Crippen LogP contribution is 1.99. The smallest absolute Gasteiger partial charge is 0.140 e. The van der Waals surface area contributed by atoms with Gasteiger partial charge in [-0.3, -0.25) is 0 Å². The molecule has 0 aliphatic rings. The first-order valence-corrected chi connectivity index (χ1v) is 4.82. The Labute approximate surface area is 90.1 Å². The summed E-state index contributed by atoms with van der Waals surface area (Å²) in [5.41, 5.74) is 1.54. The maximum Gasteiger partial charge on any atom is 0.140 e. The zero-order valence-electron chi connectivity index (χ0n) is 8.75. The molecule has 0 atom stereocenters. The van der Waals surface area contributed by atoms with Crippen LogP contribution in [0.1, 0.15) is 24.6 Å². The summed E-state index contributed by atoms with van der Waals surface area (Å²) >= 11 is 0. The maximum atomic E-state index is 8.65. The van der Waals surface area contributed by atoms with Crippen LogP contribution in [0.5, 0.6) is 0 Å². The molecule has 76 valence electrons. The Morgan fingerprint density at radius 3 is 3.13 bits per heavy atom. The highest BCUT2D eigenvalue weighted by Gasteiger charge is 1.95. The normalized spacial score (nSPS) is 8.80. The van der Waals surface area contributed by atoms with Gasteiger partial charge in [-0.1, -0.05) is 0 Å². The van der Waals surface area contributed by atoms with Crippen molar-refractivity contribution < 1.29 is 0 Å². The van der Waals surface area contributed by atoms with Gasteiger partial charge >= 0.3 is 0 Å². The van der Waals surface area contributed by atoms with Crippen molar-refractivity contribution in [3.63, 3.8) is 0 Å². The molecule has 1 aromatic heterocycles. The van der Waals surface area contributed by atoms with E-state index in [2.05, 4.69) is 22.1 Å². The summed E-state index contributed by atoms with van der Waals surface area (Å²) in [7, 11) is 0. The van der Waals surface area contributed by atoms with E-state index in [-0.39, 0.29) is 0 Å². The molecule has 0 saturated heterocycles. The average molecular weight is 199 g/mol. The van der Waals surface area contributed by atoms with Crippen molar-refractivity contribution in [2.24, 2.45) is 0 Å². The molecule has 1 heterocycles. The molecular weight excluding hydrogens is 186 g/mol. The molecule has 0 unspecified atom stereocenters. The van der Waals surface area contributed by atoms with E-state index in [9.17, 15) is 0 Å². The van der Waals surface area contributed by atoms with E-state index in [1.165, 1.54) is 0 Å². The Hall–Kier alpha value is -1.84. The van der Waals surface area contributed by atoms with Crippen molar-refractivity contribution in [2.45, 2.75) is 19.9 Å². The number of aromatic nitrogens is 1. The molecule has 0 bridgehead atoms.